The zero-order chi connectivity index (χ0) is 12.3. The predicted molar refractivity (Wildman–Crippen MR) is 62.2 cm³/mol. The van der Waals surface area contributed by atoms with Gasteiger partial charge in [0.25, 0.3) is 0 Å². The fraction of sp³-hybridized carbons (Fsp3) is 0.917. The summed E-state index contributed by atoms with van der Waals surface area (Å²) in [5, 5.41) is 9.14. The summed E-state index contributed by atoms with van der Waals surface area (Å²) < 4.78 is 5.24. The van der Waals surface area contributed by atoms with Crippen LogP contribution in [0.15, 0.2) is 0 Å². The first-order chi connectivity index (χ1) is 7.28. The van der Waals surface area contributed by atoms with Crippen LogP contribution in [0, 0.1) is 5.92 Å². The summed E-state index contributed by atoms with van der Waals surface area (Å²) in [7, 11) is 1.75. The predicted octanol–water partition coefficient (Wildman–Crippen LogP) is 2.01. The summed E-state index contributed by atoms with van der Waals surface area (Å²) >= 11 is 0. The van der Waals surface area contributed by atoms with E-state index >= 15 is 0 Å². The average Bonchev–Trinajstić information content (AvgIpc) is 2.07. The minimum Gasteiger partial charge on any atom is -0.444 e. The Morgan fingerprint density at radius 2 is 2.00 bits per heavy atom. The molecule has 1 rings (SSSR count). The van der Waals surface area contributed by atoms with Gasteiger partial charge in [0.15, 0.2) is 0 Å². The maximum Gasteiger partial charge on any atom is 0.410 e. The quantitative estimate of drug-likeness (QED) is 0.805. The molecule has 16 heavy (non-hydrogen) atoms. The van der Waals surface area contributed by atoms with E-state index in [2.05, 4.69) is 0 Å². The number of carbonyl (C=O) groups excluding carboxylic acids is 1. The average molecular weight is 229 g/mol. The highest BCUT2D eigenvalue weighted by Gasteiger charge is 2.28. The maximum atomic E-state index is 11.6. The standard InChI is InChI=1S/C12H23NO3/c1-12(2,3)16-11(15)13(4)6-5-9-7-10(14)8-9/h9-10,14H,5-8H2,1-4H3/t9-,10+. The fourth-order valence-electron chi connectivity index (χ4n) is 1.74. The van der Waals surface area contributed by atoms with Crippen LogP contribution in [0.25, 0.3) is 0 Å². The van der Waals surface area contributed by atoms with E-state index in [1.54, 1.807) is 11.9 Å². The van der Waals surface area contributed by atoms with Gasteiger partial charge in [0.1, 0.15) is 5.60 Å². The second kappa shape index (κ2) is 5.04. The van der Waals surface area contributed by atoms with E-state index in [9.17, 15) is 4.79 Å². The van der Waals surface area contributed by atoms with Crippen LogP contribution in [0.1, 0.15) is 40.0 Å². The van der Waals surface area contributed by atoms with Crippen LogP contribution >= 0.6 is 0 Å². The van der Waals surface area contributed by atoms with E-state index in [1.807, 2.05) is 20.8 Å². The molecule has 0 aromatic rings. The topological polar surface area (TPSA) is 49.8 Å². The van der Waals surface area contributed by atoms with Crippen molar-refractivity contribution in [2.45, 2.75) is 51.7 Å². The van der Waals surface area contributed by atoms with Crippen molar-refractivity contribution in [3.8, 4) is 0 Å². The molecule has 94 valence electrons. The molecule has 0 aromatic carbocycles. The second-order valence-corrected chi connectivity index (χ2v) is 5.68. The van der Waals surface area contributed by atoms with Gasteiger partial charge in [0, 0.05) is 13.6 Å². The normalized spacial score (nSPS) is 24.8. The molecule has 0 heterocycles. The number of hydrogen-bond acceptors (Lipinski definition) is 3. The Kier molecular flexibility index (Phi) is 4.19. The smallest absolute Gasteiger partial charge is 0.410 e. The largest absolute Gasteiger partial charge is 0.444 e. The summed E-state index contributed by atoms with van der Waals surface area (Å²) in [5.41, 5.74) is -0.433. The molecule has 0 saturated heterocycles. The van der Waals surface area contributed by atoms with Gasteiger partial charge in [-0.2, -0.15) is 0 Å². The Morgan fingerprint density at radius 1 is 1.44 bits per heavy atom. The monoisotopic (exact) mass is 229 g/mol. The Morgan fingerprint density at radius 3 is 2.44 bits per heavy atom. The Bertz CT molecular complexity index is 241. The molecule has 0 unspecified atom stereocenters. The van der Waals surface area contributed by atoms with Crippen LogP contribution in [0.3, 0.4) is 0 Å². The highest BCUT2D eigenvalue weighted by atomic mass is 16.6. The van der Waals surface area contributed by atoms with Gasteiger partial charge in [-0.05, 0) is 46.0 Å². The van der Waals surface area contributed by atoms with Gasteiger partial charge in [-0.1, -0.05) is 0 Å². The minimum atomic E-state index is -0.433. The van der Waals surface area contributed by atoms with Crippen molar-refractivity contribution in [1.82, 2.24) is 4.90 Å². The van der Waals surface area contributed by atoms with Crippen molar-refractivity contribution >= 4 is 6.09 Å². The van der Waals surface area contributed by atoms with E-state index in [1.165, 1.54) is 0 Å². The zero-order valence-corrected chi connectivity index (χ0v) is 10.7. The van der Waals surface area contributed by atoms with Gasteiger partial charge in [-0.3, -0.25) is 0 Å². The number of hydrogen-bond donors (Lipinski definition) is 1. The molecule has 1 N–H and O–H groups in total. The van der Waals surface area contributed by atoms with Gasteiger partial charge >= 0.3 is 6.09 Å². The van der Waals surface area contributed by atoms with E-state index in [0.717, 1.165) is 19.3 Å². The van der Waals surface area contributed by atoms with Crippen molar-refractivity contribution in [2.75, 3.05) is 13.6 Å². The molecular weight excluding hydrogens is 206 g/mol. The Balaban J connectivity index is 2.19. The third kappa shape index (κ3) is 4.39. The first-order valence-corrected chi connectivity index (χ1v) is 5.90. The number of carbonyl (C=O) groups is 1. The molecule has 0 aliphatic heterocycles. The van der Waals surface area contributed by atoms with Gasteiger partial charge < -0.3 is 14.7 Å². The van der Waals surface area contributed by atoms with Crippen LogP contribution in [-0.2, 0) is 4.74 Å². The summed E-state index contributed by atoms with van der Waals surface area (Å²) in [5.74, 6) is 0.569. The highest BCUT2D eigenvalue weighted by molar-refractivity contribution is 5.67. The number of aliphatic hydroxyl groups is 1. The van der Waals surface area contributed by atoms with E-state index in [0.29, 0.717) is 12.5 Å². The summed E-state index contributed by atoms with van der Waals surface area (Å²) in [4.78, 5) is 13.2. The van der Waals surface area contributed by atoms with Crippen molar-refractivity contribution < 1.29 is 14.6 Å². The van der Waals surface area contributed by atoms with Crippen LogP contribution in [0.2, 0.25) is 0 Å². The van der Waals surface area contributed by atoms with Crippen LogP contribution in [0.4, 0.5) is 4.79 Å². The maximum absolute atomic E-state index is 11.6. The molecule has 1 amide bonds. The number of ether oxygens (including phenoxy) is 1. The van der Waals surface area contributed by atoms with E-state index in [4.69, 9.17) is 9.84 Å². The third-order valence-electron chi connectivity index (χ3n) is 2.79. The minimum absolute atomic E-state index is 0.114. The lowest BCUT2D eigenvalue weighted by Gasteiger charge is -2.33. The molecular formula is C12H23NO3. The van der Waals surface area contributed by atoms with E-state index in [-0.39, 0.29) is 12.2 Å². The molecule has 0 aromatic heterocycles. The van der Waals surface area contributed by atoms with Crippen molar-refractivity contribution in [3.05, 3.63) is 0 Å². The Labute approximate surface area is 97.6 Å². The lowest BCUT2D eigenvalue weighted by atomic mass is 9.80. The molecule has 0 radical (unpaired) electrons. The summed E-state index contributed by atoms with van der Waals surface area (Å²) in [6, 6.07) is 0. The number of rotatable bonds is 3. The lowest BCUT2D eigenvalue weighted by molar-refractivity contribution is 0.0194. The molecule has 0 bridgehead atoms. The van der Waals surface area contributed by atoms with Crippen LogP contribution in [-0.4, -0.2) is 41.4 Å². The van der Waals surface area contributed by atoms with Crippen LogP contribution in [0.5, 0.6) is 0 Å². The van der Waals surface area contributed by atoms with Gasteiger partial charge in [0.2, 0.25) is 0 Å². The first-order valence-electron chi connectivity index (χ1n) is 5.90. The SMILES string of the molecule is CN(CC[C@H]1C[C@@H](O)C1)C(=O)OC(C)(C)C. The van der Waals surface area contributed by atoms with Crippen molar-refractivity contribution in [1.29, 1.82) is 0 Å². The van der Waals surface area contributed by atoms with E-state index < -0.39 is 5.60 Å². The molecule has 1 aliphatic carbocycles. The van der Waals surface area contributed by atoms with Gasteiger partial charge in [-0.15, -0.1) is 0 Å². The summed E-state index contributed by atoms with van der Waals surface area (Å²) in [6.45, 7) is 6.29. The molecule has 1 aliphatic rings. The van der Waals surface area contributed by atoms with Crippen LogP contribution < -0.4 is 0 Å². The number of aliphatic hydroxyl groups excluding tert-OH is 1. The zero-order valence-electron chi connectivity index (χ0n) is 10.7. The highest BCUT2D eigenvalue weighted by Crippen LogP contribution is 2.30. The number of amides is 1. The molecule has 1 fully saturated rings. The van der Waals surface area contributed by atoms with Crippen molar-refractivity contribution in [2.24, 2.45) is 5.92 Å². The first kappa shape index (κ1) is 13.3. The van der Waals surface area contributed by atoms with Crippen molar-refractivity contribution in [3.63, 3.8) is 0 Å². The molecule has 4 nitrogen and oxygen atoms in total. The lowest BCUT2D eigenvalue weighted by Crippen LogP contribution is -2.37. The fourth-order valence-corrected chi connectivity index (χ4v) is 1.74. The molecule has 0 atom stereocenters. The molecule has 0 spiro atoms. The molecule has 4 heteroatoms. The molecule has 1 saturated carbocycles. The second-order valence-electron chi connectivity index (χ2n) is 5.68. The van der Waals surface area contributed by atoms with Gasteiger partial charge in [0.05, 0.1) is 6.10 Å². The van der Waals surface area contributed by atoms with Gasteiger partial charge in [-0.25, -0.2) is 4.79 Å². The summed E-state index contributed by atoms with van der Waals surface area (Å²) in [6.07, 6.45) is 2.32. The number of nitrogens with zero attached hydrogens (tertiary/aromatic N) is 1. The third-order valence-corrected chi connectivity index (χ3v) is 2.79. The Hall–Kier alpha value is -0.770.